The van der Waals surface area contributed by atoms with Gasteiger partial charge in [0.05, 0.1) is 5.69 Å². The van der Waals surface area contributed by atoms with Crippen LogP contribution in [0.25, 0.3) is 0 Å². The zero-order valence-corrected chi connectivity index (χ0v) is 25.1. The van der Waals surface area contributed by atoms with Gasteiger partial charge in [-0.2, -0.15) is 12.7 Å². The van der Waals surface area contributed by atoms with Crippen molar-refractivity contribution in [3.8, 4) is 0 Å². The fourth-order valence-electron chi connectivity index (χ4n) is 4.31. The molecular formula is C31H39FN4O4S. The van der Waals surface area contributed by atoms with Crippen LogP contribution in [0.5, 0.6) is 0 Å². The molecule has 220 valence electrons. The number of nitrogens with one attached hydrogen (secondary N) is 1. The van der Waals surface area contributed by atoms with Crippen LogP contribution in [0.1, 0.15) is 30.5 Å². The first-order valence-electron chi connectivity index (χ1n) is 13.5. The summed E-state index contributed by atoms with van der Waals surface area (Å²) in [5.74, 6) is -1.24. The quantitative estimate of drug-likeness (QED) is 0.328. The molecule has 1 atom stereocenters. The fourth-order valence-corrected chi connectivity index (χ4v) is 5.36. The van der Waals surface area contributed by atoms with E-state index in [1.165, 1.54) is 31.1 Å². The van der Waals surface area contributed by atoms with Gasteiger partial charge >= 0.3 is 10.2 Å². The van der Waals surface area contributed by atoms with Crippen molar-refractivity contribution < 1.29 is 22.4 Å². The number of rotatable bonds is 13. The molecule has 3 rings (SSSR count). The van der Waals surface area contributed by atoms with E-state index in [9.17, 15) is 22.4 Å². The third-order valence-electron chi connectivity index (χ3n) is 6.52. The third-order valence-corrected chi connectivity index (χ3v) is 8.34. The Morgan fingerprint density at radius 2 is 1.54 bits per heavy atom. The molecule has 1 unspecified atom stereocenters. The largest absolute Gasteiger partial charge is 0.354 e. The van der Waals surface area contributed by atoms with Crippen molar-refractivity contribution in [2.24, 2.45) is 5.92 Å². The summed E-state index contributed by atoms with van der Waals surface area (Å²) in [6, 6.07) is 21.0. The molecule has 0 saturated carbocycles. The molecule has 2 amide bonds. The number of benzene rings is 3. The number of hydrogen-bond acceptors (Lipinski definition) is 4. The minimum Gasteiger partial charge on any atom is -0.354 e. The zero-order valence-electron chi connectivity index (χ0n) is 24.2. The van der Waals surface area contributed by atoms with Gasteiger partial charge in [0, 0.05) is 33.6 Å². The molecule has 0 aromatic heterocycles. The van der Waals surface area contributed by atoms with Gasteiger partial charge in [0.2, 0.25) is 11.8 Å². The van der Waals surface area contributed by atoms with E-state index in [1.54, 1.807) is 0 Å². The van der Waals surface area contributed by atoms with Crippen LogP contribution in [0, 0.1) is 18.7 Å². The lowest BCUT2D eigenvalue weighted by molar-refractivity contribution is -0.140. The van der Waals surface area contributed by atoms with Crippen molar-refractivity contribution >= 4 is 27.7 Å². The summed E-state index contributed by atoms with van der Waals surface area (Å²) in [6.45, 7) is 5.83. The molecule has 0 spiro atoms. The molecule has 10 heteroatoms. The van der Waals surface area contributed by atoms with Gasteiger partial charge in [-0.15, -0.1) is 0 Å². The fraction of sp³-hybridized carbons (Fsp3) is 0.355. The molecule has 0 bridgehead atoms. The van der Waals surface area contributed by atoms with Crippen molar-refractivity contribution in [3.63, 3.8) is 0 Å². The monoisotopic (exact) mass is 582 g/mol. The summed E-state index contributed by atoms with van der Waals surface area (Å²) in [6.07, 6.45) is 0.235. The van der Waals surface area contributed by atoms with Crippen molar-refractivity contribution in [3.05, 3.63) is 101 Å². The number of carbonyl (C=O) groups is 2. The molecule has 0 aliphatic heterocycles. The van der Waals surface area contributed by atoms with Crippen LogP contribution in [0.15, 0.2) is 78.9 Å². The molecule has 41 heavy (non-hydrogen) atoms. The van der Waals surface area contributed by atoms with Gasteiger partial charge in [-0.3, -0.25) is 9.59 Å². The maximum Gasteiger partial charge on any atom is 0.304 e. The first-order chi connectivity index (χ1) is 19.4. The predicted molar refractivity (Wildman–Crippen MR) is 160 cm³/mol. The van der Waals surface area contributed by atoms with Gasteiger partial charge in [0.25, 0.3) is 0 Å². The van der Waals surface area contributed by atoms with Crippen molar-refractivity contribution in [2.75, 3.05) is 31.5 Å². The predicted octanol–water partition coefficient (Wildman–Crippen LogP) is 4.16. The van der Waals surface area contributed by atoms with E-state index < -0.39 is 34.5 Å². The van der Waals surface area contributed by atoms with Gasteiger partial charge in [-0.25, -0.2) is 8.70 Å². The lowest BCUT2D eigenvalue weighted by Crippen LogP contribution is -2.54. The van der Waals surface area contributed by atoms with Crippen molar-refractivity contribution in [1.82, 2.24) is 14.5 Å². The van der Waals surface area contributed by atoms with E-state index in [2.05, 4.69) is 5.32 Å². The number of halogens is 1. The van der Waals surface area contributed by atoms with Crippen LogP contribution < -0.4 is 9.62 Å². The second kappa shape index (κ2) is 14.2. The molecular weight excluding hydrogens is 543 g/mol. The number of hydrogen-bond donors (Lipinski definition) is 1. The Hall–Kier alpha value is -3.76. The topological polar surface area (TPSA) is 90.0 Å². The number of anilines is 1. The molecule has 0 aliphatic rings. The standard InChI is InChI=1S/C31H39FN4O4S/c1-23(2)20-33-31(38)29(19-25-11-7-6-8-12-25)35(21-26-13-9-10-24(3)18-26)30(37)22-36(41(39,40)34(4)5)28-16-14-27(32)15-17-28/h6-18,23,29H,19-22H2,1-5H3,(H,33,38). The average Bonchev–Trinajstić information content (AvgIpc) is 2.93. The second-order valence-electron chi connectivity index (χ2n) is 10.6. The van der Waals surface area contributed by atoms with E-state index in [-0.39, 0.29) is 30.5 Å². The Kier molecular flexibility index (Phi) is 11.0. The summed E-state index contributed by atoms with van der Waals surface area (Å²) in [5, 5.41) is 2.96. The van der Waals surface area contributed by atoms with E-state index in [0.717, 1.165) is 37.4 Å². The highest BCUT2D eigenvalue weighted by molar-refractivity contribution is 7.90. The molecule has 3 aromatic rings. The highest BCUT2D eigenvalue weighted by atomic mass is 32.2. The minimum absolute atomic E-state index is 0.0897. The van der Waals surface area contributed by atoms with Gasteiger partial charge in [0.1, 0.15) is 18.4 Å². The van der Waals surface area contributed by atoms with Gasteiger partial charge in [0.15, 0.2) is 0 Å². The van der Waals surface area contributed by atoms with Crippen LogP contribution in [0.4, 0.5) is 10.1 Å². The average molecular weight is 583 g/mol. The molecule has 0 aliphatic carbocycles. The molecule has 0 heterocycles. The highest BCUT2D eigenvalue weighted by Crippen LogP contribution is 2.22. The first kappa shape index (κ1) is 31.8. The lowest BCUT2D eigenvalue weighted by Gasteiger charge is -2.34. The molecule has 0 radical (unpaired) electrons. The molecule has 3 aromatic carbocycles. The number of nitrogens with zero attached hydrogens (tertiary/aromatic N) is 3. The Bertz CT molecular complexity index is 1410. The lowest BCUT2D eigenvalue weighted by atomic mass is 10.0. The third kappa shape index (κ3) is 8.86. The maximum absolute atomic E-state index is 14.2. The second-order valence-corrected chi connectivity index (χ2v) is 12.7. The smallest absolute Gasteiger partial charge is 0.304 e. The first-order valence-corrected chi connectivity index (χ1v) is 14.9. The van der Waals surface area contributed by atoms with Crippen LogP contribution in [-0.2, 0) is 32.8 Å². The Morgan fingerprint density at radius 1 is 0.902 bits per heavy atom. The molecule has 0 fully saturated rings. The maximum atomic E-state index is 14.2. The van der Waals surface area contributed by atoms with Crippen LogP contribution in [0.3, 0.4) is 0 Å². The van der Waals surface area contributed by atoms with Crippen LogP contribution >= 0.6 is 0 Å². The van der Waals surface area contributed by atoms with Crippen LogP contribution in [0.2, 0.25) is 0 Å². The molecule has 0 saturated heterocycles. The Labute approximate surface area is 243 Å². The molecule has 1 N–H and O–H groups in total. The highest BCUT2D eigenvalue weighted by Gasteiger charge is 2.34. The van der Waals surface area contributed by atoms with Gasteiger partial charge in [-0.1, -0.05) is 74.0 Å². The Balaban J connectivity index is 2.08. The van der Waals surface area contributed by atoms with Crippen LogP contribution in [-0.4, -0.2) is 62.7 Å². The number of aryl methyl sites for hydroxylation is 1. The molecule has 8 nitrogen and oxygen atoms in total. The SMILES string of the molecule is Cc1cccc(CN(C(=O)CN(c2ccc(F)cc2)S(=O)(=O)N(C)C)C(Cc2ccccc2)C(=O)NCC(C)C)c1. The number of amides is 2. The van der Waals surface area contributed by atoms with E-state index in [1.807, 2.05) is 75.4 Å². The van der Waals surface area contributed by atoms with E-state index in [4.69, 9.17) is 0 Å². The summed E-state index contributed by atoms with van der Waals surface area (Å²) < 4.78 is 42.3. The van der Waals surface area contributed by atoms with Gasteiger partial charge < -0.3 is 10.2 Å². The van der Waals surface area contributed by atoms with Crippen molar-refractivity contribution in [1.29, 1.82) is 0 Å². The van der Waals surface area contributed by atoms with E-state index >= 15 is 0 Å². The summed E-state index contributed by atoms with van der Waals surface area (Å²) in [5.41, 5.74) is 2.78. The van der Waals surface area contributed by atoms with Crippen molar-refractivity contribution in [2.45, 2.75) is 39.8 Å². The summed E-state index contributed by atoms with van der Waals surface area (Å²) in [4.78, 5) is 29.3. The zero-order chi connectivity index (χ0) is 30.2. The van der Waals surface area contributed by atoms with E-state index in [0.29, 0.717) is 6.54 Å². The van der Waals surface area contributed by atoms with Gasteiger partial charge in [-0.05, 0) is 48.2 Å². The summed E-state index contributed by atoms with van der Waals surface area (Å²) >= 11 is 0. The Morgan fingerprint density at radius 3 is 2.12 bits per heavy atom. The minimum atomic E-state index is -4.14. The number of carbonyl (C=O) groups excluding carboxylic acids is 2. The normalized spacial score (nSPS) is 12.3. The summed E-state index contributed by atoms with van der Waals surface area (Å²) in [7, 11) is -1.42.